The number of carbonyl (C=O) groups is 1. The van der Waals surface area contributed by atoms with Crippen LogP contribution in [0.2, 0.25) is 5.02 Å². The number of halogens is 2. The van der Waals surface area contributed by atoms with Gasteiger partial charge in [-0.25, -0.2) is 4.98 Å². The molecule has 1 heterocycles. The number of rotatable bonds is 3. The molecule has 0 radical (unpaired) electrons. The molecule has 4 nitrogen and oxygen atoms in total. The molecule has 0 saturated heterocycles. The number of primary amides is 1. The lowest BCUT2D eigenvalue weighted by atomic mass is 10.0. The molecule has 0 aliphatic heterocycles. The Morgan fingerprint density at radius 3 is 2.63 bits per heavy atom. The third-order valence-electron chi connectivity index (χ3n) is 3.16. The van der Waals surface area contributed by atoms with E-state index >= 15 is 0 Å². The van der Waals surface area contributed by atoms with Crippen LogP contribution in [0.1, 0.15) is 32.0 Å². The van der Waals surface area contributed by atoms with Crippen LogP contribution < -0.4 is 5.73 Å². The van der Waals surface area contributed by atoms with Gasteiger partial charge >= 0.3 is 0 Å². The number of hydrogen-bond acceptors (Lipinski definition) is 2. The molecule has 1 atom stereocenters. The van der Waals surface area contributed by atoms with E-state index in [1.165, 1.54) is 0 Å². The van der Waals surface area contributed by atoms with Gasteiger partial charge in [0.2, 0.25) is 5.91 Å². The van der Waals surface area contributed by atoms with E-state index in [1.807, 2.05) is 6.07 Å². The normalized spacial score (nSPS) is 13.7. The summed E-state index contributed by atoms with van der Waals surface area (Å²) in [5, 5.41) is 0.243. The van der Waals surface area contributed by atoms with Crippen LogP contribution in [0.4, 0.5) is 0 Å². The number of aromatic nitrogens is 2. The second-order valence-corrected chi connectivity index (χ2v) is 6.07. The van der Waals surface area contributed by atoms with Crippen LogP contribution >= 0.6 is 23.2 Å². The zero-order chi connectivity index (χ0) is 14.4. The molecule has 2 rings (SSSR count). The van der Waals surface area contributed by atoms with E-state index in [9.17, 15) is 4.79 Å². The molecule has 0 saturated carbocycles. The Morgan fingerprint density at radius 1 is 1.47 bits per heavy atom. The molecule has 1 amide bonds. The van der Waals surface area contributed by atoms with Crippen LogP contribution in [0, 0.1) is 0 Å². The topological polar surface area (TPSA) is 60.9 Å². The number of hydrogen-bond donors (Lipinski definition) is 1. The van der Waals surface area contributed by atoms with Crippen LogP contribution in [0.5, 0.6) is 0 Å². The number of fused-ring (bicyclic) bond motifs is 1. The van der Waals surface area contributed by atoms with Crippen LogP contribution in [0.15, 0.2) is 18.2 Å². The summed E-state index contributed by atoms with van der Waals surface area (Å²) in [5.41, 5.74) is 6.07. The number of nitrogens with two attached hydrogens (primary N) is 1. The lowest BCUT2D eigenvalue weighted by Gasteiger charge is -2.26. The standard InChI is InChI=1S/C13H15Cl2N3O/c1-7(14)11-17-9-6-8(15)4-5-10(9)18(11)13(2,3)12(16)19/h4-7H,1-3H3,(H2,16,19). The summed E-state index contributed by atoms with van der Waals surface area (Å²) < 4.78 is 1.78. The average molecular weight is 300 g/mol. The third kappa shape index (κ3) is 2.30. The van der Waals surface area contributed by atoms with Crippen molar-refractivity contribution in [1.29, 1.82) is 0 Å². The number of imidazole rings is 1. The van der Waals surface area contributed by atoms with E-state index in [0.717, 1.165) is 5.52 Å². The predicted octanol–water partition coefficient (Wildman–Crippen LogP) is 3.21. The molecule has 0 aliphatic rings. The number of carbonyl (C=O) groups excluding carboxylic acids is 1. The Labute approximate surface area is 121 Å². The molecular formula is C13H15Cl2N3O. The minimum Gasteiger partial charge on any atom is -0.368 e. The van der Waals surface area contributed by atoms with E-state index in [4.69, 9.17) is 28.9 Å². The van der Waals surface area contributed by atoms with Gasteiger partial charge in [0.25, 0.3) is 0 Å². The minimum atomic E-state index is -0.916. The van der Waals surface area contributed by atoms with Gasteiger partial charge in [-0.15, -0.1) is 11.6 Å². The molecule has 0 spiro atoms. The molecule has 0 fully saturated rings. The molecule has 102 valence electrons. The van der Waals surface area contributed by atoms with Gasteiger partial charge in [0, 0.05) is 5.02 Å². The highest BCUT2D eigenvalue weighted by Crippen LogP contribution is 2.31. The van der Waals surface area contributed by atoms with E-state index in [2.05, 4.69) is 4.98 Å². The Bertz CT molecular complexity index is 647. The molecule has 19 heavy (non-hydrogen) atoms. The smallest absolute Gasteiger partial charge is 0.243 e. The maximum Gasteiger partial charge on any atom is 0.243 e. The highest BCUT2D eigenvalue weighted by molar-refractivity contribution is 6.31. The molecule has 1 unspecified atom stereocenters. The summed E-state index contributed by atoms with van der Waals surface area (Å²) >= 11 is 12.1. The fraction of sp³-hybridized carbons (Fsp3) is 0.385. The Morgan fingerprint density at radius 2 is 2.11 bits per heavy atom. The summed E-state index contributed by atoms with van der Waals surface area (Å²) in [6, 6.07) is 5.31. The summed E-state index contributed by atoms with van der Waals surface area (Å²) in [7, 11) is 0. The summed E-state index contributed by atoms with van der Waals surface area (Å²) in [4.78, 5) is 16.2. The zero-order valence-electron chi connectivity index (χ0n) is 10.9. The maximum absolute atomic E-state index is 11.7. The second-order valence-electron chi connectivity index (χ2n) is 4.98. The highest BCUT2D eigenvalue weighted by Gasteiger charge is 2.32. The SMILES string of the molecule is CC(Cl)c1nc2cc(Cl)ccc2n1C(C)(C)C(N)=O. The zero-order valence-corrected chi connectivity index (χ0v) is 12.5. The van der Waals surface area contributed by atoms with Crippen molar-refractivity contribution in [2.75, 3.05) is 0 Å². The van der Waals surface area contributed by atoms with Crippen molar-refractivity contribution in [2.24, 2.45) is 5.73 Å². The van der Waals surface area contributed by atoms with Gasteiger partial charge in [0.05, 0.1) is 16.4 Å². The van der Waals surface area contributed by atoms with Crippen molar-refractivity contribution in [1.82, 2.24) is 9.55 Å². The number of nitrogens with zero attached hydrogens (tertiary/aromatic N) is 2. The molecule has 6 heteroatoms. The Kier molecular flexibility index (Phi) is 3.49. The fourth-order valence-electron chi connectivity index (χ4n) is 2.04. The predicted molar refractivity (Wildman–Crippen MR) is 77.5 cm³/mol. The van der Waals surface area contributed by atoms with Crippen molar-refractivity contribution in [2.45, 2.75) is 31.7 Å². The van der Waals surface area contributed by atoms with Crippen LogP contribution in [-0.4, -0.2) is 15.5 Å². The van der Waals surface area contributed by atoms with E-state index in [-0.39, 0.29) is 5.38 Å². The van der Waals surface area contributed by atoms with Crippen molar-refractivity contribution in [3.63, 3.8) is 0 Å². The highest BCUT2D eigenvalue weighted by atomic mass is 35.5. The first-order valence-corrected chi connectivity index (χ1v) is 6.69. The van der Waals surface area contributed by atoms with Crippen LogP contribution in [0.25, 0.3) is 11.0 Å². The largest absolute Gasteiger partial charge is 0.368 e. The quantitative estimate of drug-likeness (QED) is 0.885. The Balaban J connectivity index is 2.83. The van der Waals surface area contributed by atoms with Crippen molar-refractivity contribution < 1.29 is 4.79 Å². The van der Waals surface area contributed by atoms with Crippen molar-refractivity contribution >= 4 is 40.1 Å². The first-order chi connectivity index (χ1) is 8.75. The van der Waals surface area contributed by atoms with E-state index in [1.54, 1.807) is 37.5 Å². The molecule has 0 aliphatic carbocycles. The lowest BCUT2D eigenvalue weighted by Crippen LogP contribution is -2.42. The summed E-state index contributed by atoms with van der Waals surface area (Å²) in [5.74, 6) is 0.156. The van der Waals surface area contributed by atoms with Gasteiger partial charge in [0.1, 0.15) is 11.4 Å². The van der Waals surface area contributed by atoms with Gasteiger partial charge < -0.3 is 10.3 Å². The third-order valence-corrected chi connectivity index (χ3v) is 3.59. The Hall–Kier alpha value is -1.26. The lowest BCUT2D eigenvalue weighted by molar-refractivity contribution is -0.125. The van der Waals surface area contributed by atoms with Crippen molar-refractivity contribution in [3.8, 4) is 0 Å². The van der Waals surface area contributed by atoms with Gasteiger partial charge in [0.15, 0.2) is 0 Å². The fourth-order valence-corrected chi connectivity index (χ4v) is 2.35. The molecule has 0 bridgehead atoms. The average Bonchev–Trinajstić information content (AvgIpc) is 2.67. The number of amides is 1. The first-order valence-electron chi connectivity index (χ1n) is 5.87. The molecule has 2 aromatic rings. The van der Waals surface area contributed by atoms with Crippen LogP contribution in [-0.2, 0) is 10.3 Å². The minimum absolute atomic E-state index is 0.343. The monoisotopic (exact) mass is 299 g/mol. The number of benzene rings is 1. The maximum atomic E-state index is 11.7. The second kappa shape index (κ2) is 4.69. The molecular weight excluding hydrogens is 285 g/mol. The van der Waals surface area contributed by atoms with Crippen LogP contribution in [0.3, 0.4) is 0 Å². The first kappa shape index (κ1) is 14.2. The van der Waals surface area contributed by atoms with E-state index < -0.39 is 11.4 Å². The van der Waals surface area contributed by atoms with Crippen molar-refractivity contribution in [3.05, 3.63) is 29.0 Å². The van der Waals surface area contributed by atoms with Gasteiger partial charge in [-0.1, -0.05) is 11.6 Å². The summed E-state index contributed by atoms with van der Waals surface area (Å²) in [6.45, 7) is 5.29. The number of alkyl halides is 1. The summed E-state index contributed by atoms with van der Waals surface area (Å²) in [6.07, 6.45) is 0. The molecule has 2 N–H and O–H groups in total. The van der Waals surface area contributed by atoms with Gasteiger partial charge in [-0.2, -0.15) is 0 Å². The molecule has 1 aromatic carbocycles. The molecule has 1 aromatic heterocycles. The van der Waals surface area contributed by atoms with Gasteiger partial charge in [-0.05, 0) is 39.0 Å². The van der Waals surface area contributed by atoms with Gasteiger partial charge in [-0.3, -0.25) is 4.79 Å². The van der Waals surface area contributed by atoms with E-state index in [0.29, 0.717) is 16.4 Å².